The van der Waals surface area contributed by atoms with Crippen LogP contribution in [0.4, 0.5) is 0 Å². The fourth-order valence-corrected chi connectivity index (χ4v) is 2.60. The van der Waals surface area contributed by atoms with Crippen molar-refractivity contribution in [1.29, 1.82) is 0 Å². The minimum absolute atomic E-state index is 0.130. The molecule has 2 bridgehead atoms. The van der Waals surface area contributed by atoms with E-state index in [9.17, 15) is 9.59 Å². The first-order valence-corrected chi connectivity index (χ1v) is 5.12. The van der Waals surface area contributed by atoms with Gasteiger partial charge in [-0.2, -0.15) is 0 Å². The summed E-state index contributed by atoms with van der Waals surface area (Å²) < 4.78 is 5.50. The van der Waals surface area contributed by atoms with E-state index in [1.54, 1.807) is 14.1 Å². The Bertz CT molecular complexity index is 302. The molecule has 0 saturated carbocycles. The number of rotatable bonds is 2. The molecule has 2 saturated heterocycles. The Morgan fingerprint density at radius 3 is 2.20 bits per heavy atom. The summed E-state index contributed by atoms with van der Waals surface area (Å²) in [5.41, 5.74) is 0. The number of hydrogen-bond acceptors (Lipinski definition) is 3. The van der Waals surface area contributed by atoms with E-state index in [2.05, 4.69) is 0 Å². The molecular formula is C10H15NO4. The van der Waals surface area contributed by atoms with Crippen molar-refractivity contribution in [1.82, 2.24) is 4.90 Å². The Kier molecular flexibility index (Phi) is 2.42. The van der Waals surface area contributed by atoms with Gasteiger partial charge >= 0.3 is 5.97 Å². The van der Waals surface area contributed by atoms with Crippen LogP contribution in [0, 0.1) is 11.8 Å². The molecule has 2 aliphatic rings. The molecule has 2 fully saturated rings. The van der Waals surface area contributed by atoms with E-state index < -0.39 is 17.8 Å². The van der Waals surface area contributed by atoms with E-state index in [4.69, 9.17) is 9.84 Å². The van der Waals surface area contributed by atoms with Gasteiger partial charge in [-0.1, -0.05) is 0 Å². The van der Waals surface area contributed by atoms with Gasteiger partial charge in [0, 0.05) is 14.1 Å². The molecule has 2 aliphatic heterocycles. The highest BCUT2D eigenvalue weighted by molar-refractivity contribution is 5.86. The third-order valence-corrected chi connectivity index (χ3v) is 3.28. The van der Waals surface area contributed by atoms with E-state index in [1.807, 2.05) is 0 Å². The highest BCUT2D eigenvalue weighted by atomic mass is 16.5. The number of carboxylic acid groups (broad SMARTS) is 1. The number of fused-ring (bicyclic) bond motifs is 2. The van der Waals surface area contributed by atoms with Gasteiger partial charge < -0.3 is 14.7 Å². The minimum Gasteiger partial charge on any atom is -0.481 e. The number of nitrogens with zero attached hydrogens (tertiary/aromatic N) is 1. The summed E-state index contributed by atoms with van der Waals surface area (Å²) in [5, 5.41) is 9.09. The van der Waals surface area contributed by atoms with Gasteiger partial charge in [0.2, 0.25) is 5.91 Å². The second kappa shape index (κ2) is 3.48. The van der Waals surface area contributed by atoms with E-state index in [0.29, 0.717) is 0 Å². The molecule has 5 heteroatoms. The molecule has 2 rings (SSSR count). The molecule has 0 radical (unpaired) electrons. The summed E-state index contributed by atoms with van der Waals surface area (Å²) in [4.78, 5) is 24.4. The number of hydrogen-bond donors (Lipinski definition) is 1. The molecule has 15 heavy (non-hydrogen) atoms. The monoisotopic (exact) mass is 213 g/mol. The fraction of sp³-hybridized carbons (Fsp3) is 0.800. The standard InChI is InChI=1S/C10H15NO4/c1-11(2)9(12)7-5-3-4-6(15-5)8(7)10(13)14/h5-8H,3-4H2,1-2H3,(H,13,14). The quantitative estimate of drug-likeness (QED) is 0.698. The Morgan fingerprint density at radius 2 is 1.73 bits per heavy atom. The zero-order valence-corrected chi connectivity index (χ0v) is 8.84. The smallest absolute Gasteiger partial charge is 0.310 e. The van der Waals surface area contributed by atoms with Crippen LogP contribution in [0.2, 0.25) is 0 Å². The molecule has 5 nitrogen and oxygen atoms in total. The second-order valence-corrected chi connectivity index (χ2v) is 4.41. The topological polar surface area (TPSA) is 66.8 Å². The van der Waals surface area contributed by atoms with Crippen molar-refractivity contribution >= 4 is 11.9 Å². The molecule has 2 heterocycles. The third-order valence-electron chi connectivity index (χ3n) is 3.28. The number of carbonyl (C=O) groups excluding carboxylic acids is 1. The van der Waals surface area contributed by atoms with Crippen molar-refractivity contribution in [2.24, 2.45) is 11.8 Å². The first-order chi connectivity index (χ1) is 7.02. The van der Waals surface area contributed by atoms with Crippen LogP contribution >= 0.6 is 0 Å². The SMILES string of the molecule is CN(C)C(=O)C1C2CCC(O2)C1C(=O)O. The van der Waals surface area contributed by atoms with Gasteiger partial charge in [0.1, 0.15) is 0 Å². The number of carboxylic acids is 1. The summed E-state index contributed by atoms with van der Waals surface area (Å²) in [6.07, 6.45) is 1.12. The maximum Gasteiger partial charge on any atom is 0.310 e. The fourth-order valence-electron chi connectivity index (χ4n) is 2.60. The lowest BCUT2D eigenvalue weighted by molar-refractivity contribution is -0.149. The maximum absolute atomic E-state index is 11.8. The first-order valence-electron chi connectivity index (χ1n) is 5.12. The average Bonchev–Trinajstić information content (AvgIpc) is 2.74. The Labute approximate surface area is 88.0 Å². The predicted octanol–water partition coefficient (Wildman–Crippen LogP) is -0.0472. The van der Waals surface area contributed by atoms with Gasteiger partial charge in [-0.3, -0.25) is 9.59 Å². The zero-order chi connectivity index (χ0) is 11.2. The molecule has 0 aromatic heterocycles. The van der Waals surface area contributed by atoms with Crippen molar-refractivity contribution in [3.63, 3.8) is 0 Å². The van der Waals surface area contributed by atoms with Crippen LogP contribution in [0.1, 0.15) is 12.8 Å². The van der Waals surface area contributed by atoms with E-state index in [-0.39, 0.29) is 18.1 Å². The van der Waals surface area contributed by atoms with E-state index in [0.717, 1.165) is 12.8 Å². The first kappa shape index (κ1) is 10.4. The lowest BCUT2D eigenvalue weighted by Gasteiger charge is -2.26. The van der Waals surface area contributed by atoms with Crippen molar-refractivity contribution in [2.45, 2.75) is 25.0 Å². The summed E-state index contributed by atoms with van der Waals surface area (Å²) in [6.45, 7) is 0. The number of amides is 1. The van der Waals surface area contributed by atoms with E-state index in [1.165, 1.54) is 4.90 Å². The Hall–Kier alpha value is -1.10. The van der Waals surface area contributed by atoms with Crippen molar-refractivity contribution in [3.8, 4) is 0 Å². The molecule has 4 atom stereocenters. The van der Waals surface area contributed by atoms with E-state index >= 15 is 0 Å². The number of carbonyl (C=O) groups is 2. The molecule has 0 aromatic rings. The maximum atomic E-state index is 11.8. The predicted molar refractivity (Wildman–Crippen MR) is 51.2 cm³/mol. The van der Waals surface area contributed by atoms with Gasteiger partial charge in [-0.15, -0.1) is 0 Å². The highest BCUT2D eigenvalue weighted by Gasteiger charge is 2.55. The molecule has 0 aliphatic carbocycles. The van der Waals surface area contributed by atoms with Crippen molar-refractivity contribution in [3.05, 3.63) is 0 Å². The average molecular weight is 213 g/mol. The summed E-state index contributed by atoms with van der Waals surface area (Å²) >= 11 is 0. The van der Waals surface area contributed by atoms with Crippen LogP contribution in [-0.2, 0) is 14.3 Å². The molecule has 4 unspecified atom stereocenters. The molecular weight excluding hydrogens is 198 g/mol. The molecule has 1 N–H and O–H groups in total. The van der Waals surface area contributed by atoms with Crippen LogP contribution in [-0.4, -0.2) is 48.2 Å². The van der Waals surface area contributed by atoms with Crippen LogP contribution in [0.3, 0.4) is 0 Å². The minimum atomic E-state index is -0.914. The Morgan fingerprint density at radius 1 is 1.20 bits per heavy atom. The lowest BCUT2D eigenvalue weighted by atomic mass is 9.78. The van der Waals surface area contributed by atoms with Crippen molar-refractivity contribution < 1.29 is 19.4 Å². The normalized spacial score (nSPS) is 38.0. The third kappa shape index (κ3) is 1.51. The second-order valence-electron chi connectivity index (χ2n) is 4.41. The highest BCUT2D eigenvalue weighted by Crippen LogP contribution is 2.44. The van der Waals surface area contributed by atoms with Gasteiger partial charge in [0.15, 0.2) is 0 Å². The largest absolute Gasteiger partial charge is 0.481 e. The molecule has 0 aromatic carbocycles. The summed E-state index contributed by atoms with van der Waals surface area (Å²) in [5.74, 6) is -2.19. The lowest BCUT2D eigenvalue weighted by Crippen LogP contribution is -2.43. The van der Waals surface area contributed by atoms with Crippen LogP contribution < -0.4 is 0 Å². The summed E-state index contributed by atoms with van der Waals surface area (Å²) in [7, 11) is 3.29. The van der Waals surface area contributed by atoms with Crippen LogP contribution in [0.25, 0.3) is 0 Å². The van der Waals surface area contributed by atoms with Gasteiger partial charge in [0.05, 0.1) is 24.0 Å². The number of ether oxygens (including phenoxy) is 1. The van der Waals surface area contributed by atoms with Crippen LogP contribution in [0.5, 0.6) is 0 Å². The van der Waals surface area contributed by atoms with Gasteiger partial charge in [-0.25, -0.2) is 0 Å². The van der Waals surface area contributed by atoms with Gasteiger partial charge in [0.25, 0.3) is 0 Å². The molecule has 0 spiro atoms. The molecule has 84 valence electrons. The van der Waals surface area contributed by atoms with Crippen LogP contribution in [0.15, 0.2) is 0 Å². The summed E-state index contributed by atoms with van der Waals surface area (Å²) in [6, 6.07) is 0. The van der Waals surface area contributed by atoms with Crippen molar-refractivity contribution in [2.75, 3.05) is 14.1 Å². The zero-order valence-electron chi connectivity index (χ0n) is 8.84. The number of aliphatic carboxylic acids is 1. The van der Waals surface area contributed by atoms with Gasteiger partial charge in [-0.05, 0) is 12.8 Å². The Balaban J connectivity index is 2.22. The molecule has 1 amide bonds.